The summed E-state index contributed by atoms with van der Waals surface area (Å²) in [5.74, 6) is 1.67. The molecule has 0 spiro atoms. The summed E-state index contributed by atoms with van der Waals surface area (Å²) < 4.78 is 1.72. The number of thioether (sulfide) groups is 1. The van der Waals surface area contributed by atoms with Crippen LogP contribution in [-0.4, -0.2) is 29.5 Å². The van der Waals surface area contributed by atoms with E-state index < -0.39 is 0 Å². The van der Waals surface area contributed by atoms with Gasteiger partial charge in [0.05, 0.1) is 16.7 Å². The summed E-state index contributed by atoms with van der Waals surface area (Å²) >= 11 is 1.42. The molecule has 0 bridgehead atoms. The first-order valence-electron chi connectivity index (χ1n) is 7.83. The molecule has 0 radical (unpaired) electrons. The first-order chi connectivity index (χ1) is 12.0. The van der Waals surface area contributed by atoms with Crippen molar-refractivity contribution in [2.45, 2.75) is 31.7 Å². The first-order valence-corrected chi connectivity index (χ1v) is 8.82. The number of fused-ring (bicyclic) bond motifs is 2. The van der Waals surface area contributed by atoms with Crippen molar-refractivity contribution in [3.8, 4) is 0 Å². The summed E-state index contributed by atoms with van der Waals surface area (Å²) in [6.45, 7) is 5.85. The van der Waals surface area contributed by atoms with Gasteiger partial charge in [-0.2, -0.15) is 4.98 Å². The molecule has 4 aromatic rings. The maximum absolute atomic E-state index is 12.2. The van der Waals surface area contributed by atoms with Crippen LogP contribution in [0.25, 0.3) is 16.7 Å². The third kappa shape index (κ3) is 2.89. The van der Waals surface area contributed by atoms with Crippen molar-refractivity contribution in [2.24, 2.45) is 0 Å². The number of nitrogens with zero attached hydrogens (tertiary/aromatic N) is 5. The van der Waals surface area contributed by atoms with Gasteiger partial charge in [0.2, 0.25) is 5.16 Å². The maximum atomic E-state index is 12.2. The minimum absolute atomic E-state index is 0.125. The van der Waals surface area contributed by atoms with E-state index >= 15 is 0 Å². The molecule has 1 aromatic carbocycles. The molecule has 25 heavy (non-hydrogen) atoms. The summed E-state index contributed by atoms with van der Waals surface area (Å²) in [5, 5.41) is 5.67. The second kappa shape index (κ2) is 5.96. The largest absolute Gasteiger partial charge is 0.309 e. The second-order valence-electron chi connectivity index (χ2n) is 5.92. The predicted molar refractivity (Wildman–Crippen MR) is 96.9 cm³/mol. The SMILES string of the molecule is Cc1cc(C)n2nc(SCc3nc4c(C)cccc4c(=O)[nH]3)nc2n1. The molecule has 0 fully saturated rings. The number of hydrogen-bond acceptors (Lipinski definition) is 6. The van der Waals surface area contributed by atoms with E-state index in [9.17, 15) is 4.79 Å². The number of para-hydroxylation sites is 1. The second-order valence-corrected chi connectivity index (χ2v) is 6.86. The zero-order chi connectivity index (χ0) is 17.6. The van der Waals surface area contributed by atoms with E-state index in [4.69, 9.17) is 0 Å². The van der Waals surface area contributed by atoms with Gasteiger partial charge in [-0.1, -0.05) is 23.9 Å². The van der Waals surface area contributed by atoms with E-state index in [2.05, 4.69) is 25.0 Å². The molecule has 0 aliphatic rings. The Balaban J connectivity index is 1.65. The van der Waals surface area contributed by atoms with Gasteiger partial charge in [0, 0.05) is 11.4 Å². The van der Waals surface area contributed by atoms with Crippen molar-refractivity contribution in [2.75, 3.05) is 0 Å². The first kappa shape index (κ1) is 15.8. The van der Waals surface area contributed by atoms with Crippen LogP contribution in [0.15, 0.2) is 34.2 Å². The van der Waals surface area contributed by atoms with E-state index in [0.717, 1.165) is 22.5 Å². The highest BCUT2D eigenvalue weighted by molar-refractivity contribution is 7.98. The van der Waals surface area contributed by atoms with Crippen molar-refractivity contribution in [3.05, 3.63) is 57.4 Å². The fourth-order valence-electron chi connectivity index (χ4n) is 2.76. The van der Waals surface area contributed by atoms with Gasteiger partial charge in [0.25, 0.3) is 11.3 Å². The van der Waals surface area contributed by atoms with E-state index in [1.807, 2.05) is 39.0 Å². The Labute approximate surface area is 147 Å². The summed E-state index contributed by atoms with van der Waals surface area (Å²) in [6, 6.07) is 7.56. The van der Waals surface area contributed by atoms with Crippen molar-refractivity contribution in [1.29, 1.82) is 0 Å². The molecular weight excluding hydrogens is 336 g/mol. The van der Waals surface area contributed by atoms with Crippen LogP contribution in [0.5, 0.6) is 0 Å². The summed E-state index contributed by atoms with van der Waals surface area (Å²) in [5.41, 5.74) is 3.48. The lowest BCUT2D eigenvalue weighted by atomic mass is 10.1. The zero-order valence-corrected chi connectivity index (χ0v) is 14.9. The normalized spacial score (nSPS) is 11.5. The number of benzene rings is 1. The average Bonchev–Trinajstić information content (AvgIpc) is 2.97. The van der Waals surface area contributed by atoms with Crippen LogP contribution in [0.4, 0.5) is 0 Å². The number of aryl methyl sites for hydroxylation is 3. The van der Waals surface area contributed by atoms with E-state index in [0.29, 0.717) is 27.9 Å². The van der Waals surface area contributed by atoms with E-state index in [1.165, 1.54) is 11.8 Å². The highest BCUT2D eigenvalue weighted by atomic mass is 32.2. The van der Waals surface area contributed by atoms with Crippen LogP contribution < -0.4 is 5.56 Å². The van der Waals surface area contributed by atoms with Gasteiger partial charge in [0.15, 0.2) is 0 Å². The quantitative estimate of drug-likeness (QED) is 0.570. The van der Waals surface area contributed by atoms with Gasteiger partial charge in [-0.15, -0.1) is 5.10 Å². The molecule has 126 valence electrons. The lowest BCUT2D eigenvalue weighted by molar-refractivity contribution is 0.842. The Morgan fingerprint density at radius 2 is 2.00 bits per heavy atom. The van der Waals surface area contributed by atoms with Crippen LogP contribution in [0.1, 0.15) is 22.8 Å². The Morgan fingerprint density at radius 3 is 2.84 bits per heavy atom. The minimum Gasteiger partial charge on any atom is -0.309 e. The van der Waals surface area contributed by atoms with Crippen molar-refractivity contribution in [3.63, 3.8) is 0 Å². The molecule has 0 aliphatic carbocycles. The minimum atomic E-state index is -0.125. The van der Waals surface area contributed by atoms with Crippen LogP contribution in [0.3, 0.4) is 0 Å². The third-order valence-electron chi connectivity index (χ3n) is 3.92. The summed E-state index contributed by atoms with van der Waals surface area (Å²) in [6.07, 6.45) is 0. The number of hydrogen-bond donors (Lipinski definition) is 1. The van der Waals surface area contributed by atoms with Gasteiger partial charge in [-0.25, -0.2) is 14.5 Å². The van der Waals surface area contributed by atoms with Gasteiger partial charge in [0.1, 0.15) is 5.82 Å². The monoisotopic (exact) mass is 352 g/mol. The van der Waals surface area contributed by atoms with Crippen molar-refractivity contribution < 1.29 is 0 Å². The fourth-order valence-corrected chi connectivity index (χ4v) is 3.45. The molecule has 7 nitrogen and oxygen atoms in total. The number of aromatic amines is 1. The molecule has 0 amide bonds. The van der Waals surface area contributed by atoms with Gasteiger partial charge in [-0.3, -0.25) is 4.79 Å². The molecule has 8 heteroatoms. The highest BCUT2D eigenvalue weighted by Crippen LogP contribution is 2.20. The standard InChI is InChI=1S/C17H16N6OS/c1-9-5-4-6-12-14(9)19-13(20-15(12)24)8-25-17-21-16-18-10(2)7-11(3)23(16)22-17/h4-7H,8H2,1-3H3,(H,19,20,24). The topological polar surface area (TPSA) is 88.8 Å². The Kier molecular flexibility index (Phi) is 3.76. The Bertz CT molecular complexity index is 1160. The zero-order valence-electron chi connectivity index (χ0n) is 14.1. The molecular formula is C17H16N6OS. The highest BCUT2D eigenvalue weighted by Gasteiger charge is 2.11. The Morgan fingerprint density at radius 1 is 1.16 bits per heavy atom. The number of nitrogens with one attached hydrogen (secondary N) is 1. The molecule has 3 heterocycles. The van der Waals surface area contributed by atoms with Crippen molar-refractivity contribution >= 4 is 28.4 Å². The average molecular weight is 352 g/mol. The summed E-state index contributed by atoms with van der Waals surface area (Å²) in [4.78, 5) is 28.5. The number of H-pyrrole nitrogens is 1. The van der Waals surface area contributed by atoms with Crippen LogP contribution >= 0.6 is 11.8 Å². The lowest BCUT2D eigenvalue weighted by Gasteiger charge is -2.03. The van der Waals surface area contributed by atoms with Crippen LogP contribution in [-0.2, 0) is 5.75 Å². The van der Waals surface area contributed by atoms with E-state index in [-0.39, 0.29) is 5.56 Å². The van der Waals surface area contributed by atoms with Gasteiger partial charge >= 0.3 is 0 Å². The third-order valence-corrected chi connectivity index (χ3v) is 4.77. The smallest absolute Gasteiger partial charge is 0.258 e. The Hall–Kier alpha value is -2.74. The molecule has 0 saturated carbocycles. The molecule has 0 saturated heterocycles. The lowest BCUT2D eigenvalue weighted by Crippen LogP contribution is -2.11. The fraction of sp³-hybridized carbons (Fsp3) is 0.235. The molecule has 0 unspecified atom stereocenters. The molecule has 1 N–H and O–H groups in total. The maximum Gasteiger partial charge on any atom is 0.258 e. The van der Waals surface area contributed by atoms with Crippen LogP contribution in [0, 0.1) is 20.8 Å². The van der Waals surface area contributed by atoms with Crippen LogP contribution in [0.2, 0.25) is 0 Å². The van der Waals surface area contributed by atoms with Gasteiger partial charge in [-0.05, 0) is 38.5 Å². The predicted octanol–water partition coefficient (Wildman–Crippen LogP) is 2.58. The van der Waals surface area contributed by atoms with Gasteiger partial charge < -0.3 is 4.98 Å². The molecule has 0 atom stereocenters. The number of rotatable bonds is 3. The molecule has 0 aliphatic heterocycles. The molecule has 4 rings (SSSR count). The summed E-state index contributed by atoms with van der Waals surface area (Å²) in [7, 11) is 0. The number of aromatic nitrogens is 6. The molecule has 3 aromatic heterocycles. The van der Waals surface area contributed by atoms with Crippen molar-refractivity contribution in [1.82, 2.24) is 29.5 Å². The van der Waals surface area contributed by atoms with E-state index in [1.54, 1.807) is 10.6 Å².